The SMILES string of the molecule is COC(=O)C(F)(F)CCCBr. The number of esters is 1. The molecule has 0 N–H and O–H groups in total. The van der Waals surface area contributed by atoms with E-state index in [1.165, 1.54) is 0 Å². The maximum atomic E-state index is 12.5. The molecule has 0 spiro atoms. The molecule has 0 aliphatic carbocycles. The third kappa shape index (κ3) is 3.65. The van der Waals surface area contributed by atoms with Gasteiger partial charge in [-0.3, -0.25) is 0 Å². The molecule has 0 aromatic carbocycles. The van der Waals surface area contributed by atoms with Crippen LogP contribution in [0.5, 0.6) is 0 Å². The largest absolute Gasteiger partial charge is 0.465 e. The summed E-state index contributed by atoms with van der Waals surface area (Å²) < 4.78 is 28.9. The fourth-order valence-electron chi connectivity index (χ4n) is 0.540. The lowest BCUT2D eigenvalue weighted by Crippen LogP contribution is -2.29. The molecule has 0 aromatic heterocycles. The van der Waals surface area contributed by atoms with Gasteiger partial charge in [0.2, 0.25) is 0 Å². The van der Waals surface area contributed by atoms with Gasteiger partial charge in [-0.25, -0.2) is 4.79 Å². The van der Waals surface area contributed by atoms with E-state index in [2.05, 4.69) is 20.7 Å². The molecule has 2 nitrogen and oxygen atoms in total. The van der Waals surface area contributed by atoms with Gasteiger partial charge in [0.05, 0.1) is 7.11 Å². The van der Waals surface area contributed by atoms with Crippen LogP contribution in [0.25, 0.3) is 0 Å². The van der Waals surface area contributed by atoms with E-state index in [0.717, 1.165) is 7.11 Å². The Hall–Kier alpha value is -0.190. The van der Waals surface area contributed by atoms with Crippen LogP contribution >= 0.6 is 15.9 Å². The van der Waals surface area contributed by atoms with Gasteiger partial charge in [-0.15, -0.1) is 0 Å². The molecule has 0 saturated heterocycles. The molecule has 0 atom stereocenters. The van der Waals surface area contributed by atoms with Gasteiger partial charge in [0, 0.05) is 11.8 Å². The van der Waals surface area contributed by atoms with E-state index < -0.39 is 18.3 Å². The van der Waals surface area contributed by atoms with Crippen LogP contribution in [0.1, 0.15) is 12.8 Å². The van der Waals surface area contributed by atoms with Gasteiger partial charge in [-0.2, -0.15) is 8.78 Å². The lowest BCUT2D eigenvalue weighted by Gasteiger charge is -2.11. The number of hydrogen-bond acceptors (Lipinski definition) is 2. The summed E-state index contributed by atoms with van der Waals surface area (Å²) in [6.07, 6.45) is -0.215. The first kappa shape index (κ1) is 10.8. The summed E-state index contributed by atoms with van der Waals surface area (Å²) >= 11 is 2.99. The minimum atomic E-state index is -3.33. The summed E-state index contributed by atoms with van der Waals surface area (Å²) in [5, 5.41) is 0.458. The molecule has 0 bridgehead atoms. The first-order chi connectivity index (χ1) is 5.04. The fourth-order valence-corrected chi connectivity index (χ4v) is 0.821. The highest BCUT2D eigenvalue weighted by Gasteiger charge is 2.38. The Morgan fingerprint density at radius 1 is 1.64 bits per heavy atom. The maximum absolute atomic E-state index is 12.5. The molecule has 0 unspecified atom stereocenters. The van der Waals surface area contributed by atoms with Crippen molar-refractivity contribution in [2.45, 2.75) is 18.8 Å². The van der Waals surface area contributed by atoms with Gasteiger partial charge in [0.15, 0.2) is 0 Å². The molecule has 0 aromatic rings. The topological polar surface area (TPSA) is 26.3 Å². The average molecular weight is 231 g/mol. The van der Waals surface area contributed by atoms with Crippen molar-refractivity contribution in [1.29, 1.82) is 0 Å². The molecular weight excluding hydrogens is 222 g/mol. The molecule has 66 valence electrons. The van der Waals surface area contributed by atoms with Crippen LogP contribution in [0, 0.1) is 0 Å². The van der Waals surface area contributed by atoms with Crippen molar-refractivity contribution in [2.75, 3.05) is 12.4 Å². The van der Waals surface area contributed by atoms with Gasteiger partial charge in [0.25, 0.3) is 0 Å². The van der Waals surface area contributed by atoms with Crippen LogP contribution in [-0.4, -0.2) is 24.3 Å². The third-order valence-corrected chi connectivity index (χ3v) is 1.67. The Labute approximate surface area is 72.0 Å². The van der Waals surface area contributed by atoms with Crippen LogP contribution in [0.15, 0.2) is 0 Å². The minimum absolute atomic E-state index is 0.252. The molecule has 0 aliphatic heterocycles. The normalized spacial score (nSPS) is 11.3. The van der Waals surface area contributed by atoms with Crippen LogP contribution in [0.3, 0.4) is 0 Å². The predicted molar refractivity (Wildman–Crippen MR) is 40.0 cm³/mol. The number of ether oxygens (including phenoxy) is 1. The summed E-state index contributed by atoms with van der Waals surface area (Å²) in [6, 6.07) is 0. The summed E-state index contributed by atoms with van der Waals surface area (Å²) in [6.45, 7) is 0. The second-order valence-electron chi connectivity index (χ2n) is 1.99. The van der Waals surface area contributed by atoms with Gasteiger partial charge in [0.1, 0.15) is 0 Å². The van der Waals surface area contributed by atoms with E-state index in [4.69, 9.17) is 0 Å². The van der Waals surface area contributed by atoms with Crippen molar-refractivity contribution in [3.63, 3.8) is 0 Å². The van der Waals surface area contributed by atoms with Gasteiger partial charge < -0.3 is 4.74 Å². The lowest BCUT2D eigenvalue weighted by atomic mass is 10.2. The summed E-state index contributed by atoms with van der Waals surface area (Å²) in [5.74, 6) is -4.79. The standard InChI is InChI=1S/C6H9BrF2O2/c1-11-5(10)6(8,9)3-2-4-7/h2-4H2,1H3. The highest BCUT2D eigenvalue weighted by atomic mass is 79.9. The maximum Gasteiger partial charge on any atom is 0.376 e. The number of methoxy groups -OCH3 is 1. The molecule has 0 rings (SSSR count). The van der Waals surface area contributed by atoms with Crippen LogP contribution in [0.2, 0.25) is 0 Å². The van der Waals surface area contributed by atoms with Crippen molar-refractivity contribution >= 4 is 21.9 Å². The van der Waals surface area contributed by atoms with E-state index in [9.17, 15) is 13.6 Å². The molecule has 11 heavy (non-hydrogen) atoms. The Balaban J connectivity index is 3.88. The van der Waals surface area contributed by atoms with E-state index in [1.807, 2.05) is 0 Å². The predicted octanol–water partition coefficient (Wildman–Crippen LogP) is 1.97. The Bertz CT molecular complexity index is 139. The smallest absolute Gasteiger partial charge is 0.376 e. The first-order valence-corrected chi connectivity index (χ1v) is 4.19. The van der Waals surface area contributed by atoms with Crippen LogP contribution in [-0.2, 0) is 9.53 Å². The first-order valence-electron chi connectivity index (χ1n) is 3.07. The van der Waals surface area contributed by atoms with Crippen molar-refractivity contribution < 1.29 is 18.3 Å². The zero-order valence-corrected chi connectivity index (χ0v) is 7.66. The highest BCUT2D eigenvalue weighted by Crippen LogP contribution is 2.21. The van der Waals surface area contributed by atoms with E-state index in [0.29, 0.717) is 5.33 Å². The summed E-state index contributed by atoms with van der Waals surface area (Å²) in [4.78, 5) is 10.4. The molecular formula is C6H9BrF2O2. The Morgan fingerprint density at radius 2 is 2.18 bits per heavy atom. The molecule has 0 heterocycles. The van der Waals surface area contributed by atoms with Crippen LogP contribution in [0.4, 0.5) is 8.78 Å². The Kier molecular flexibility index (Phi) is 4.56. The number of alkyl halides is 3. The zero-order valence-electron chi connectivity index (χ0n) is 6.07. The van der Waals surface area contributed by atoms with Gasteiger partial charge in [-0.1, -0.05) is 15.9 Å². The minimum Gasteiger partial charge on any atom is -0.465 e. The average Bonchev–Trinajstić information content (AvgIpc) is 1.99. The summed E-state index contributed by atoms with van der Waals surface area (Å²) in [7, 11) is 0.949. The molecule has 0 aliphatic rings. The number of halogens is 3. The van der Waals surface area contributed by atoms with E-state index in [1.54, 1.807) is 0 Å². The zero-order chi connectivity index (χ0) is 8.91. The highest BCUT2D eigenvalue weighted by molar-refractivity contribution is 9.09. The number of hydrogen-bond donors (Lipinski definition) is 0. The van der Waals surface area contributed by atoms with Gasteiger partial charge in [-0.05, 0) is 6.42 Å². The van der Waals surface area contributed by atoms with Crippen molar-refractivity contribution in [1.82, 2.24) is 0 Å². The van der Waals surface area contributed by atoms with Crippen molar-refractivity contribution in [2.24, 2.45) is 0 Å². The van der Waals surface area contributed by atoms with Gasteiger partial charge >= 0.3 is 11.9 Å². The quantitative estimate of drug-likeness (QED) is 0.546. The number of rotatable bonds is 4. The van der Waals surface area contributed by atoms with Crippen LogP contribution < -0.4 is 0 Å². The molecule has 0 amide bonds. The van der Waals surface area contributed by atoms with E-state index >= 15 is 0 Å². The molecule has 0 saturated carbocycles. The Morgan fingerprint density at radius 3 is 2.55 bits per heavy atom. The fraction of sp³-hybridized carbons (Fsp3) is 0.833. The second kappa shape index (κ2) is 4.64. The monoisotopic (exact) mass is 230 g/mol. The number of carbonyl (C=O) groups excluding carboxylic acids is 1. The number of carbonyl (C=O) groups is 1. The third-order valence-electron chi connectivity index (χ3n) is 1.11. The molecule has 5 heteroatoms. The van der Waals surface area contributed by atoms with Crippen molar-refractivity contribution in [3.8, 4) is 0 Å². The second-order valence-corrected chi connectivity index (χ2v) is 2.78. The molecule has 0 radical (unpaired) electrons. The van der Waals surface area contributed by atoms with E-state index in [-0.39, 0.29) is 6.42 Å². The van der Waals surface area contributed by atoms with Crippen molar-refractivity contribution in [3.05, 3.63) is 0 Å². The molecule has 0 fully saturated rings. The lowest BCUT2D eigenvalue weighted by molar-refractivity contribution is -0.169. The summed E-state index contributed by atoms with van der Waals surface area (Å²) in [5.41, 5.74) is 0.